The average Bonchev–Trinajstić information content (AvgIpc) is 2.36. The van der Waals surface area contributed by atoms with Crippen LogP contribution in [0.15, 0.2) is 6.07 Å². The smallest absolute Gasteiger partial charge is 0.144 e. The fraction of sp³-hybridized carbons (Fsp3) is 0.538. The molecule has 0 aliphatic carbocycles. The molecular formula is C13H19ClO3. The molecule has 1 aromatic rings. The predicted octanol–water partition coefficient (Wildman–Crippen LogP) is 3.02. The van der Waals surface area contributed by atoms with Crippen LogP contribution in [-0.2, 0) is 6.42 Å². The molecule has 0 amide bonds. The molecule has 0 saturated carbocycles. The van der Waals surface area contributed by atoms with Gasteiger partial charge in [0, 0.05) is 18.1 Å². The second kappa shape index (κ2) is 6.12. The van der Waals surface area contributed by atoms with Crippen molar-refractivity contribution in [2.75, 3.05) is 20.8 Å². The first-order valence-electron chi connectivity index (χ1n) is 5.64. The van der Waals surface area contributed by atoms with Crippen LogP contribution in [-0.4, -0.2) is 25.9 Å². The number of aliphatic hydroxyl groups is 1. The summed E-state index contributed by atoms with van der Waals surface area (Å²) in [6, 6.07) is 1.99. The van der Waals surface area contributed by atoms with E-state index < -0.39 is 0 Å². The fourth-order valence-corrected chi connectivity index (χ4v) is 2.23. The van der Waals surface area contributed by atoms with Crippen molar-refractivity contribution in [3.63, 3.8) is 0 Å². The Balaban J connectivity index is 3.45. The standard InChI is InChI=1S/C13H19ClO3/c1-5-9-6-10(8(2)7-15)13(17-4)11(14)12(9)16-3/h6,8,15H,5,7H2,1-4H3. The monoisotopic (exact) mass is 258 g/mol. The van der Waals surface area contributed by atoms with Crippen molar-refractivity contribution in [1.29, 1.82) is 0 Å². The maximum absolute atomic E-state index is 9.26. The lowest BCUT2D eigenvalue weighted by atomic mass is 9.97. The number of halogens is 1. The van der Waals surface area contributed by atoms with E-state index in [-0.39, 0.29) is 12.5 Å². The maximum atomic E-state index is 9.26. The third kappa shape index (κ3) is 2.67. The van der Waals surface area contributed by atoms with Gasteiger partial charge in [-0.1, -0.05) is 25.4 Å². The summed E-state index contributed by atoms with van der Waals surface area (Å²) in [6.07, 6.45) is 0.817. The van der Waals surface area contributed by atoms with E-state index in [0.29, 0.717) is 16.5 Å². The second-order valence-electron chi connectivity index (χ2n) is 3.94. The van der Waals surface area contributed by atoms with Gasteiger partial charge in [-0.25, -0.2) is 0 Å². The van der Waals surface area contributed by atoms with Crippen LogP contribution in [0.25, 0.3) is 0 Å². The molecule has 96 valence electrons. The maximum Gasteiger partial charge on any atom is 0.144 e. The average molecular weight is 259 g/mol. The lowest BCUT2D eigenvalue weighted by Gasteiger charge is -2.19. The lowest BCUT2D eigenvalue weighted by molar-refractivity contribution is 0.269. The van der Waals surface area contributed by atoms with Crippen LogP contribution in [0.3, 0.4) is 0 Å². The zero-order chi connectivity index (χ0) is 13.0. The number of hydrogen-bond acceptors (Lipinski definition) is 3. The van der Waals surface area contributed by atoms with Crippen LogP contribution >= 0.6 is 11.6 Å². The van der Waals surface area contributed by atoms with E-state index in [9.17, 15) is 5.11 Å². The molecule has 1 aromatic carbocycles. The van der Waals surface area contributed by atoms with Gasteiger partial charge in [0.15, 0.2) is 0 Å². The molecule has 0 bridgehead atoms. The molecule has 1 N–H and O–H groups in total. The zero-order valence-corrected chi connectivity index (χ0v) is 11.5. The van der Waals surface area contributed by atoms with Crippen LogP contribution in [0.5, 0.6) is 11.5 Å². The van der Waals surface area contributed by atoms with Gasteiger partial charge in [0.2, 0.25) is 0 Å². The highest BCUT2D eigenvalue weighted by Gasteiger charge is 2.20. The van der Waals surface area contributed by atoms with Gasteiger partial charge < -0.3 is 14.6 Å². The Kier molecular flexibility index (Phi) is 5.09. The Morgan fingerprint density at radius 1 is 1.29 bits per heavy atom. The van der Waals surface area contributed by atoms with Gasteiger partial charge in [-0.15, -0.1) is 0 Å². The van der Waals surface area contributed by atoms with Gasteiger partial charge >= 0.3 is 0 Å². The molecule has 1 unspecified atom stereocenters. The van der Waals surface area contributed by atoms with Crippen LogP contribution in [0, 0.1) is 0 Å². The number of hydrogen-bond donors (Lipinski definition) is 1. The minimum atomic E-state index is -0.0151. The largest absolute Gasteiger partial charge is 0.495 e. The van der Waals surface area contributed by atoms with Gasteiger partial charge in [-0.3, -0.25) is 0 Å². The number of benzene rings is 1. The molecule has 0 aliphatic rings. The number of aliphatic hydroxyl groups excluding tert-OH is 1. The van der Waals surface area contributed by atoms with E-state index in [1.165, 1.54) is 0 Å². The minimum absolute atomic E-state index is 0.0151. The summed E-state index contributed by atoms with van der Waals surface area (Å²) in [4.78, 5) is 0. The SMILES string of the molecule is CCc1cc(C(C)CO)c(OC)c(Cl)c1OC. The summed E-state index contributed by atoms with van der Waals surface area (Å²) in [5.41, 5.74) is 1.94. The van der Waals surface area contributed by atoms with Gasteiger partial charge in [0.05, 0.1) is 14.2 Å². The minimum Gasteiger partial charge on any atom is -0.495 e. The first kappa shape index (κ1) is 14.1. The van der Waals surface area contributed by atoms with Crippen molar-refractivity contribution in [1.82, 2.24) is 0 Å². The summed E-state index contributed by atoms with van der Waals surface area (Å²) in [5.74, 6) is 1.22. The van der Waals surface area contributed by atoms with Gasteiger partial charge in [0.25, 0.3) is 0 Å². The first-order chi connectivity index (χ1) is 8.10. The normalized spacial score (nSPS) is 12.4. The Morgan fingerprint density at radius 3 is 2.29 bits per heavy atom. The number of ether oxygens (including phenoxy) is 2. The van der Waals surface area contributed by atoms with E-state index >= 15 is 0 Å². The van der Waals surface area contributed by atoms with Crippen molar-refractivity contribution in [2.24, 2.45) is 0 Å². The zero-order valence-electron chi connectivity index (χ0n) is 10.7. The second-order valence-corrected chi connectivity index (χ2v) is 4.32. The molecule has 17 heavy (non-hydrogen) atoms. The summed E-state index contributed by atoms with van der Waals surface area (Å²) in [7, 11) is 3.16. The van der Waals surface area contributed by atoms with E-state index in [4.69, 9.17) is 21.1 Å². The quantitative estimate of drug-likeness (QED) is 0.882. The molecule has 1 rings (SSSR count). The third-order valence-electron chi connectivity index (χ3n) is 2.88. The van der Waals surface area contributed by atoms with E-state index in [0.717, 1.165) is 17.5 Å². The highest BCUT2D eigenvalue weighted by molar-refractivity contribution is 6.33. The van der Waals surface area contributed by atoms with Crippen molar-refractivity contribution in [3.05, 3.63) is 22.2 Å². The Bertz CT molecular complexity index is 391. The van der Waals surface area contributed by atoms with Crippen molar-refractivity contribution >= 4 is 11.6 Å². The van der Waals surface area contributed by atoms with Gasteiger partial charge in [-0.05, 0) is 18.1 Å². The van der Waals surface area contributed by atoms with E-state index in [1.54, 1.807) is 14.2 Å². The fourth-order valence-electron chi connectivity index (χ4n) is 1.84. The van der Waals surface area contributed by atoms with E-state index in [1.807, 2.05) is 19.9 Å². The van der Waals surface area contributed by atoms with Crippen molar-refractivity contribution in [2.45, 2.75) is 26.2 Å². The molecule has 0 fully saturated rings. The van der Waals surface area contributed by atoms with Crippen molar-refractivity contribution < 1.29 is 14.6 Å². The van der Waals surface area contributed by atoms with Crippen molar-refractivity contribution in [3.8, 4) is 11.5 Å². The molecule has 0 aliphatic heterocycles. The number of methoxy groups -OCH3 is 2. The highest BCUT2D eigenvalue weighted by Crippen LogP contribution is 2.42. The highest BCUT2D eigenvalue weighted by atomic mass is 35.5. The van der Waals surface area contributed by atoms with Crippen LogP contribution in [0.2, 0.25) is 5.02 Å². The molecular weight excluding hydrogens is 240 g/mol. The van der Waals surface area contributed by atoms with Gasteiger partial charge in [0.1, 0.15) is 16.5 Å². The molecule has 4 heteroatoms. The first-order valence-corrected chi connectivity index (χ1v) is 6.02. The van der Waals surface area contributed by atoms with Crippen LogP contribution in [0.4, 0.5) is 0 Å². The molecule has 0 radical (unpaired) electrons. The molecule has 1 atom stereocenters. The molecule has 0 saturated heterocycles. The molecule has 0 aromatic heterocycles. The van der Waals surface area contributed by atoms with Gasteiger partial charge in [-0.2, -0.15) is 0 Å². The summed E-state index contributed by atoms with van der Waals surface area (Å²) in [5, 5.41) is 9.74. The Morgan fingerprint density at radius 2 is 1.88 bits per heavy atom. The van der Waals surface area contributed by atoms with Crippen LogP contribution in [0.1, 0.15) is 30.9 Å². The van der Waals surface area contributed by atoms with E-state index in [2.05, 4.69) is 0 Å². The summed E-state index contributed by atoms with van der Waals surface area (Å²) in [6.45, 7) is 4.02. The summed E-state index contributed by atoms with van der Waals surface area (Å²) < 4.78 is 10.6. The number of rotatable bonds is 5. The lowest BCUT2D eigenvalue weighted by Crippen LogP contribution is -2.05. The van der Waals surface area contributed by atoms with Crippen LogP contribution < -0.4 is 9.47 Å². The Labute approximate surface area is 107 Å². The summed E-state index contributed by atoms with van der Waals surface area (Å²) >= 11 is 6.27. The number of aryl methyl sites for hydroxylation is 1. The Hall–Kier alpha value is -0.930. The topological polar surface area (TPSA) is 38.7 Å². The molecule has 3 nitrogen and oxygen atoms in total. The molecule has 0 heterocycles. The predicted molar refractivity (Wildman–Crippen MR) is 69.4 cm³/mol. The molecule has 0 spiro atoms. The third-order valence-corrected chi connectivity index (χ3v) is 3.22.